The first-order chi connectivity index (χ1) is 15.4. The third-order valence-electron chi connectivity index (χ3n) is 5.79. The molecule has 2 N–H and O–H groups in total. The second-order valence-electron chi connectivity index (χ2n) is 7.90. The summed E-state index contributed by atoms with van der Waals surface area (Å²) in [5.41, 5.74) is 6.91. The summed E-state index contributed by atoms with van der Waals surface area (Å²) in [7, 11) is 1.56. The van der Waals surface area contributed by atoms with E-state index in [2.05, 4.69) is 4.99 Å². The van der Waals surface area contributed by atoms with Gasteiger partial charge < -0.3 is 15.4 Å². The fourth-order valence-electron chi connectivity index (χ4n) is 4.02. The molecule has 2 heterocycles. The van der Waals surface area contributed by atoms with Crippen LogP contribution < -0.4 is 10.5 Å². The van der Waals surface area contributed by atoms with Gasteiger partial charge in [0.05, 0.1) is 24.3 Å². The molecule has 2 aromatic carbocycles. The molecule has 0 radical (unpaired) electrons. The Balaban J connectivity index is 1.71. The summed E-state index contributed by atoms with van der Waals surface area (Å²) >= 11 is 0. The van der Waals surface area contributed by atoms with Crippen molar-refractivity contribution in [1.82, 2.24) is 4.90 Å². The van der Waals surface area contributed by atoms with E-state index in [1.807, 2.05) is 12.1 Å². The van der Waals surface area contributed by atoms with Gasteiger partial charge in [0.15, 0.2) is 5.70 Å². The number of likely N-dealkylation sites (tertiary alicyclic amines) is 1. The standard InChI is InChI=1S/C24H22F2N4O2/c1-32-18-6-2-14(3-7-18)10-19-21(26)23(24(31)30-9-8-17(28)13-30)29-22(19)15-4-5-16(12-27)20(25)11-15/h2-7,11,17,19H,8-10,13,28H2,1H3/t17-,19?/m0/s1. The van der Waals surface area contributed by atoms with Gasteiger partial charge in [-0.1, -0.05) is 18.2 Å². The molecule has 0 spiro atoms. The van der Waals surface area contributed by atoms with Crippen LogP contribution in [0.2, 0.25) is 0 Å². The van der Waals surface area contributed by atoms with E-state index in [1.54, 1.807) is 25.3 Å². The van der Waals surface area contributed by atoms with Gasteiger partial charge in [-0.2, -0.15) is 5.26 Å². The molecule has 4 rings (SSSR count). The van der Waals surface area contributed by atoms with Crippen LogP contribution in [-0.2, 0) is 11.2 Å². The number of hydrogen-bond donors (Lipinski definition) is 1. The first-order valence-electron chi connectivity index (χ1n) is 10.3. The molecule has 1 unspecified atom stereocenters. The van der Waals surface area contributed by atoms with E-state index in [0.29, 0.717) is 30.8 Å². The van der Waals surface area contributed by atoms with Gasteiger partial charge in [-0.15, -0.1) is 0 Å². The van der Waals surface area contributed by atoms with Gasteiger partial charge in [0.1, 0.15) is 23.5 Å². The topological polar surface area (TPSA) is 91.7 Å². The maximum atomic E-state index is 15.6. The largest absolute Gasteiger partial charge is 0.497 e. The molecule has 2 aliphatic rings. The quantitative estimate of drug-likeness (QED) is 0.780. The normalized spacial score (nSPS) is 20.3. The van der Waals surface area contributed by atoms with Crippen LogP contribution in [0.25, 0.3) is 0 Å². The highest BCUT2D eigenvalue weighted by molar-refractivity contribution is 6.11. The zero-order valence-corrected chi connectivity index (χ0v) is 17.5. The lowest BCUT2D eigenvalue weighted by Crippen LogP contribution is -2.32. The molecule has 8 heteroatoms. The fourth-order valence-corrected chi connectivity index (χ4v) is 4.02. The number of hydrogen-bond acceptors (Lipinski definition) is 5. The van der Waals surface area contributed by atoms with Gasteiger partial charge in [-0.05, 0) is 48.2 Å². The monoisotopic (exact) mass is 436 g/mol. The van der Waals surface area contributed by atoms with E-state index in [9.17, 15) is 9.18 Å². The van der Waals surface area contributed by atoms with E-state index in [4.69, 9.17) is 15.7 Å². The molecule has 1 amide bonds. The predicted molar refractivity (Wildman–Crippen MR) is 115 cm³/mol. The molecule has 2 aromatic rings. The van der Waals surface area contributed by atoms with Crippen LogP contribution in [0.3, 0.4) is 0 Å². The zero-order valence-electron chi connectivity index (χ0n) is 17.5. The second-order valence-corrected chi connectivity index (χ2v) is 7.90. The number of methoxy groups -OCH3 is 1. The molecule has 1 fully saturated rings. The van der Waals surface area contributed by atoms with Crippen LogP contribution in [0.1, 0.15) is 23.1 Å². The first kappa shape index (κ1) is 21.7. The number of carbonyl (C=O) groups excluding carboxylic acids is 1. The molecule has 0 aromatic heterocycles. The van der Waals surface area contributed by atoms with Crippen LogP contribution in [0, 0.1) is 23.1 Å². The van der Waals surface area contributed by atoms with Gasteiger partial charge in [0.2, 0.25) is 0 Å². The van der Waals surface area contributed by atoms with E-state index in [-0.39, 0.29) is 29.4 Å². The van der Waals surface area contributed by atoms with Crippen molar-refractivity contribution in [3.05, 3.63) is 76.5 Å². The number of nitrogens with zero attached hydrogens (tertiary/aromatic N) is 3. The number of halogens is 2. The minimum Gasteiger partial charge on any atom is -0.497 e. The lowest BCUT2D eigenvalue weighted by molar-refractivity contribution is -0.126. The van der Waals surface area contributed by atoms with Gasteiger partial charge >= 0.3 is 0 Å². The van der Waals surface area contributed by atoms with E-state index in [0.717, 1.165) is 11.6 Å². The molecular weight excluding hydrogens is 414 g/mol. The number of nitriles is 1. The summed E-state index contributed by atoms with van der Waals surface area (Å²) in [6.45, 7) is 0.783. The minimum atomic E-state index is -0.856. The average molecular weight is 436 g/mol. The number of carbonyl (C=O) groups is 1. The third kappa shape index (κ3) is 4.12. The number of aliphatic imine (C=N–C) groups is 1. The van der Waals surface area contributed by atoms with Crippen molar-refractivity contribution in [1.29, 1.82) is 5.26 Å². The number of benzene rings is 2. The van der Waals surface area contributed by atoms with Crippen molar-refractivity contribution < 1.29 is 18.3 Å². The third-order valence-corrected chi connectivity index (χ3v) is 5.79. The molecule has 164 valence electrons. The van der Waals surface area contributed by atoms with Crippen LogP contribution in [0.15, 0.2) is 59.0 Å². The fraction of sp³-hybridized carbons (Fsp3) is 0.292. The number of allylic oxidation sites excluding steroid dienone is 1. The van der Waals surface area contributed by atoms with Crippen LogP contribution in [-0.4, -0.2) is 42.8 Å². The van der Waals surface area contributed by atoms with Crippen molar-refractivity contribution in [3.63, 3.8) is 0 Å². The molecule has 0 saturated carbocycles. The Kier molecular flexibility index (Phi) is 6.01. The SMILES string of the molecule is COc1ccc(CC2C(c3ccc(C#N)c(F)c3)=NC(C(=O)N3CC[C@H](N)C3)=C2F)cc1. The first-order valence-corrected chi connectivity index (χ1v) is 10.3. The maximum Gasteiger partial charge on any atom is 0.275 e. The zero-order chi connectivity index (χ0) is 22.8. The van der Waals surface area contributed by atoms with E-state index < -0.39 is 23.5 Å². The molecule has 0 aliphatic carbocycles. The number of nitrogens with two attached hydrogens (primary N) is 1. The highest BCUT2D eigenvalue weighted by Gasteiger charge is 2.37. The van der Waals surface area contributed by atoms with Crippen LogP contribution in [0.5, 0.6) is 5.75 Å². The Morgan fingerprint density at radius 2 is 2.03 bits per heavy atom. The Hall–Kier alpha value is -3.57. The summed E-state index contributed by atoms with van der Waals surface area (Å²) in [4.78, 5) is 18.8. The Labute approximate surface area is 184 Å². The molecule has 1 saturated heterocycles. The molecule has 32 heavy (non-hydrogen) atoms. The van der Waals surface area contributed by atoms with E-state index >= 15 is 4.39 Å². The number of rotatable bonds is 5. The minimum absolute atomic E-state index is 0.116. The maximum absolute atomic E-state index is 15.6. The summed E-state index contributed by atoms with van der Waals surface area (Å²) in [6.07, 6.45) is 0.875. The number of amides is 1. The Bertz CT molecular complexity index is 1150. The van der Waals surface area contributed by atoms with Gasteiger partial charge in [0.25, 0.3) is 5.91 Å². The highest BCUT2D eigenvalue weighted by atomic mass is 19.1. The summed E-state index contributed by atoms with van der Waals surface area (Å²) in [6, 6.07) is 12.8. The predicted octanol–water partition coefficient (Wildman–Crippen LogP) is 3.11. The van der Waals surface area contributed by atoms with Crippen molar-refractivity contribution in [3.8, 4) is 11.8 Å². The molecule has 2 atom stereocenters. The molecule has 2 aliphatic heterocycles. The smallest absolute Gasteiger partial charge is 0.275 e. The van der Waals surface area contributed by atoms with Crippen LogP contribution in [0.4, 0.5) is 8.78 Å². The lowest BCUT2D eigenvalue weighted by atomic mass is 9.90. The highest BCUT2D eigenvalue weighted by Crippen LogP contribution is 2.35. The van der Waals surface area contributed by atoms with Crippen molar-refractivity contribution in [2.45, 2.75) is 18.9 Å². The summed E-state index contributed by atoms with van der Waals surface area (Å²) in [5.74, 6) is -2.07. The molecular formula is C24H22F2N4O2. The Morgan fingerprint density at radius 1 is 1.28 bits per heavy atom. The van der Waals surface area contributed by atoms with Crippen molar-refractivity contribution in [2.24, 2.45) is 16.6 Å². The van der Waals surface area contributed by atoms with E-state index in [1.165, 1.54) is 17.0 Å². The van der Waals surface area contributed by atoms with Crippen molar-refractivity contribution in [2.75, 3.05) is 20.2 Å². The average Bonchev–Trinajstić information content (AvgIpc) is 3.37. The summed E-state index contributed by atoms with van der Waals surface area (Å²) in [5, 5.41) is 9.00. The van der Waals surface area contributed by atoms with Gasteiger partial charge in [0, 0.05) is 19.1 Å². The van der Waals surface area contributed by atoms with Gasteiger partial charge in [-0.25, -0.2) is 13.8 Å². The number of ether oxygens (including phenoxy) is 1. The lowest BCUT2D eigenvalue weighted by Gasteiger charge is -2.15. The van der Waals surface area contributed by atoms with Crippen molar-refractivity contribution >= 4 is 11.6 Å². The molecule has 0 bridgehead atoms. The summed E-state index contributed by atoms with van der Waals surface area (Å²) < 4.78 is 35.0. The Morgan fingerprint density at radius 3 is 2.62 bits per heavy atom. The van der Waals surface area contributed by atoms with Crippen LogP contribution >= 0.6 is 0 Å². The second kappa shape index (κ2) is 8.89. The van der Waals surface area contributed by atoms with Gasteiger partial charge in [-0.3, -0.25) is 4.79 Å². The molecule has 6 nitrogen and oxygen atoms in total.